The van der Waals surface area contributed by atoms with Crippen molar-refractivity contribution in [2.24, 2.45) is 0 Å². The van der Waals surface area contributed by atoms with E-state index in [2.05, 4.69) is 4.98 Å². The lowest BCUT2D eigenvalue weighted by atomic mass is 10.2. The van der Waals surface area contributed by atoms with Gasteiger partial charge in [-0.15, -0.1) is 0 Å². The Labute approximate surface area is 195 Å². The molecule has 0 bridgehead atoms. The first-order valence-corrected chi connectivity index (χ1v) is 13.4. The zero-order valence-corrected chi connectivity index (χ0v) is 19.8. The average molecular weight is 492 g/mol. The predicted octanol–water partition coefficient (Wildman–Crippen LogP) is 3.17. The zero-order valence-electron chi connectivity index (χ0n) is 17.4. The predicted molar refractivity (Wildman–Crippen MR) is 128 cm³/mol. The Morgan fingerprint density at radius 1 is 1.22 bits per heavy atom. The molecule has 3 aromatic rings. The van der Waals surface area contributed by atoms with Gasteiger partial charge in [0.25, 0.3) is 5.56 Å². The van der Waals surface area contributed by atoms with Crippen molar-refractivity contribution >= 4 is 50.0 Å². The van der Waals surface area contributed by atoms with E-state index in [1.165, 1.54) is 4.57 Å². The number of hydrogen-bond donors (Lipinski definition) is 0. The number of hydrogen-bond acceptors (Lipinski definition) is 6. The van der Waals surface area contributed by atoms with Crippen LogP contribution in [-0.2, 0) is 14.6 Å². The Bertz CT molecular complexity index is 1320. The molecule has 1 amide bonds. The molecule has 2 aromatic carbocycles. The van der Waals surface area contributed by atoms with Gasteiger partial charge >= 0.3 is 0 Å². The molecule has 1 aromatic heterocycles. The number of nitrogens with zero attached hydrogens (tertiary/aromatic N) is 3. The van der Waals surface area contributed by atoms with E-state index in [0.29, 0.717) is 39.7 Å². The molecule has 1 unspecified atom stereocenters. The van der Waals surface area contributed by atoms with E-state index in [1.807, 2.05) is 6.92 Å². The molecule has 1 aliphatic heterocycles. The largest absolute Gasteiger partial charge is 0.338 e. The highest BCUT2D eigenvalue weighted by Gasteiger charge is 2.34. The summed E-state index contributed by atoms with van der Waals surface area (Å²) in [5, 5.41) is 1.41. The van der Waals surface area contributed by atoms with Gasteiger partial charge in [-0.25, -0.2) is 13.4 Å². The van der Waals surface area contributed by atoms with E-state index < -0.39 is 9.84 Å². The third kappa shape index (κ3) is 4.69. The number of fused-ring (bicyclic) bond motifs is 1. The number of sulfone groups is 1. The van der Waals surface area contributed by atoms with Gasteiger partial charge in [0.1, 0.15) is 0 Å². The fourth-order valence-electron chi connectivity index (χ4n) is 3.90. The van der Waals surface area contributed by atoms with Crippen LogP contribution in [0, 0.1) is 0 Å². The van der Waals surface area contributed by atoms with Crippen molar-refractivity contribution < 1.29 is 13.2 Å². The van der Waals surface area contributed by atoms with Crippen LogP contribution in [0.1, 0.15) is 13.3 Å². The Morgan fingerprint density at radius 2 is 1.94 bits per heavy atom. The van der Waals surface area contributed by atoms with Crippen molar-refractivity contribution in [3.05, 3.63) is 63.9 Å². The second-order valence-corrected chi connectivity index (χ2v) is 11.2. The van der Waals surface area contributed by atoms with Gasteiger partial charge in [-0.05, 0) is 49.7 Å². The van der Waals surface area contributed by atoms with E-state index in [4.69, 9.17) is 11.6 Å². The second kappa shape index (κ2) is 9.25. The number of thioether (sulfide) groups is 1. The summed E-state index contributed by atoms with van der Waals surface area (Å²) in [6.45, 7) is 2.26. The molecule has 1 atom stereocenters. The van der Waals surface area contributed by atoms with E-state index in [-0.39, 0.29) is 34.8 Å². The van der Waals surface area contributed by atoms with Crippen LogP contribution in [-0.4, -0.2) is 58.6 Å². The molecule has 0 radical (unpaired) electrons. The van der Waals surface area contributed by atoms with E-state index >= 15 is 0 Å². The fourth-order valence-corrected chi connectivity index (χ4v) is 6.65. The molecule has 1 aliphatic rings. The number of carbonyl (C=O) groups is 1. The SMILES string of the molecule is CCN(C(=O)CSc1nc2ccccc2c(=O)n1-c1ccc(Cl)cc1)C1CCS(=O)(=O)C1. The summed E-state index contributed by atoms with van der Waals surface area (Å²) in [6, 6.07) is 13.6. The maximum atomic E-state index is 13.3. The minimum atomic E-state index is -3.10. The van der Waals surface area contributed by atoms with E-state index in [0.717, 1.165) is 11.8 Å². The summed E-state index contributed by atoms with van der Waals surface area (Å²) in [7, 11) is -3.10. The molecule has 1 saturated heterocycles. The monoisotopic (exact) mass is 491 g/mol. The number of para-hydroxylation sites is 1. The van der Waals surface area contributed by atoms with Crippen LogP contribution in [0.5, 0.6) is 0 Å². The van der Waals surface area contributed by atoms with Crippen LogP contribution in [0.2, 0.25) is 5.02 Å². The van der Waals surface area contributed by atoms with Crippen molar-refractivity contribution in [1.29, 1.82) is 0 Å². The zero-order chi connectivity index (χ0) is 22.9. The quantitative estimate of drug-likeness (QED) is 0.388. The summed E-state index contributed by atoms with van der Waals surface area (Å²) < 4.78 is 25.2. The Kier molecular flexibility index (Phi) is 6.60. The first-order valence-electron chi connectivity index (χ1n) is 10.2. The molecule has 2 heterocycles. The molecular formula is C22H22ClN3O4S2. The molecule has 10 heteroatoms. The molecule has 0 saturated carbocycles. The fraction of sp³-hybridized carbons (Fsp3) is 0.318. The van der Waals surface area contributed by atoms with Gasteiger partial charge in [0.15, 0.2) is 15.0 Å². The number of halogens is 1. The Hall–Kier alpha value is -2.36. The molecule has 0 spiro atoms. The summed E-state index contributed by atoms with van der Waals surface area (Å²) in [6.07, 6.45) is 0.455. The summed E-state index contributed by atoms with van der Waals surface area (Å²) in [5.41, 5.74) is 0.913. The molecule has 0 aliphatic carbocycles. The molecule has 7 nitrogen and oxygen atoms in total. The number of rotatable bonds is 6. The van der Waals surface area contributed by atoms with E-state index in [9.17, 15) is 18.0 Å². The van der Waals surface area contributed by atoms with Crippen LogP contribution in [0.15, 0.2) is 58.5 Å². The Morgan fingerprint density at radius 3 is 2.59 bits per heavy atom. The molecule has 4 rings (SSSR count). The topological polar surface area (TPSA) is 89.3 Å². The summed E-state index contributed by atoms with van der Waals surface area (Å²) in [5.74, 6) is -0.0228. The van der Waals surface area contributed by atoms with Crippen LogP contribution in [0.25, 0.3) is 16.6 Å². The van der Waals surface area contributed by atoms with Gasteiger partial charge in [0.2, 0.25) is 5.91 Å². The maximum absolute atomic E-state index is 13.3. The van der Waals surface area contributed by atoms with Crippen LogP contribution < -0.4 is 5.56 Å². The van der Waals surface area contributed by atoms with Crippen LogP contribution in [0.4, 0.5) is 0 Å². The van der Waals surface area contributed by atoms with Crippen molar-refractivity contribution in [1.82, 2.24) is 14.5 Å². The minimum Gasteiger partial charge on any atom is -0.338 e. The molecule has 1 fully saturated rings. The van der Waals surface area contributed by atoms with Gasteiger partial charge in [-0.3, -0.25) is 14.2 Å². The van der Waals surface area contributed by atoms with Crippen LogP contribution in [0.3, 0.4) is 0 Å². The smallest absolute Gasteiger partial charge is 0.266 e. The van der Waals surface area contributed by atoms with Crippen LogP contribution >= 0.6 is 23.4 Å². The van der Waals surface area contributed by atoms with E-state index in [1.54, 1.807) is 53.4 Å². The number of benzene rings is 2. The third-order valence-electron chi connectivity index (χ3n) is 5.46. The third-order valence-corrected chi connectivity index (χ3v) is 8.39. The van der Waals surface area contributed by atoms with Crippen molar-refractivity contribution in [2.75, 3.05) is 23.8 Å². The highest BCUT2D eigenvalue weighted by Crippen LogP contribution is 2.24. The number of carbonyl (C=O) groups excluding carboxylic acids is 1. The van der Waals surface area contributed by atoms with Gasteiger partial charge < -0.3 is 4.90 Å². The molecular weight excluding hydrogens is 470 g/mol. The average Bonchev–Trinajstić information content (AvgIpc) is 3.13. The highest BCUT2D eigenvalue weighted by molar-refractivity contribution is 7.99. The molecule has 0 N–H and O–H groups in total. The van der Waals surface area contributed by atoms with Crippen molar-refractivity contribution in [3.8, 4) is 5.69 Å². The lowest BCUT2D eigenvalue weighted by Gasteiger charge is -2.26. The molecule has 32 heavy (non-hydrogen) atoms. The standard InChI is InChI=1S/C22H22ClN3O4S2/c1-2-25(17-11-12-32(29,30)14-17)20(27)13-31-22-24-19-6-4-3-5-18(19)21(28)26(22)16-9-7-15(23)8-10-16/h3-10,17H,2,11-14H2,1H3. The summed E-state index contributed by atoms with van der Waals surface area (Å²) >= 11 is 7.17. The summed E-state index contributed by atoms with van der Waals surface area (Å²) in [4.78, 5) is 32.5. The minimum absolute atomic E-state index is 0.000947. The van der Waals surface area contributed by atoms with Gasteiger partial charge in [0, 0.05) is 17.6 Å². The highest BCUT2D eigenvalue weighted by atomic mass is 35.5. The normalized spacial score (nSPS) is 17.5. The first kappa shape index (κ1) is 22.8. The molecule has 168 valence electrons. The Balaban J connectivity index is 1.66. The number of amides is 1. The maximum Gasteiger partial charge on any atom is 0.266 e. The first-order chi connectivity index (χ1) is 15.3. The number of aromatic nitrogens is 2. The van der Waals surface area contributed by atoms with Gasteiger partial charge in [0.05, 0.1) is 33.8 Å². The van der Waals surface area contributed by atoms with Crippen molar-refractivity contribution in [2.45, 2.75) is 24.5 Å². The lowest BCUT2D eigenvalue weighted by molar-refractivity contribution is -0.129. The van der Waals surface area contributed by atoms with Gasteiger partial charge in [-0.1, -0.05) is 35.5 Å². The van der Waals surface area contributed by atoms with Crippen molar-refractivity contribution in [3.63, 3.8) is 0 Å². The second-order valence-electron chi connectivity index (χ2n) is 7.55. The van der Waals surface area contributed by atoms with Gasteiger partial charge in [-0.2, -0.15) is 0 Å². The lowest BCUT2D eigenvalue weighted by Crippen LogP contribution is -2.42.